The number of hydrogen-bond acceptors (Lipinski definition) is 2. The first-order valence-corrected chi connectivity index (χ1v) is 7.45. The molecule has 0 spiro atoms. The van der Waals surface area contributed by atoms with E-state index < -0.39 is 0 Å². The number of carbonyl (C=O) groups is 1. The summed E-state index contributed by atoms with van der Waals surface area (Å²) in [6, 6.07) is 17.1. The molecule has 0 radical (unpaired) electrons. The van der Waals surface area contributed by atoms with Gasteiger partial charge < -0.3 is 0 Å². The first kappa shape index (κ1) is 14.9. The molecule has 3 aromatic rings. The molecule has 4 heteroatoms. The fraction of sp³-hybridized carbons (Fsp3) is 0.105. The summed E-state index contributed by atoms with van der Waals surface area (Å²) in [5.74, 6) is -0.159. The summed E-state index contributed by atoms with van der Waals surface area (Å²) >= 11 is 0. The number of aromatic nitrogens is 2. The molecule has 0 bridgehead atoms. The SMILES string of the molecule is Cc1ccnc(-c2cc(C)cc[n+]2NC(=O)c2ccccc2)c1. The average molecular weight is 304 g/mol. The molecule has 0 saturated heterocycles. The molecule has 23 heavy (non-hydrogen) atoms. The molecule has 1 aromatic carbocycles. The van der Waals surface area contributed by atoms with Crippen LogP contribution in [-0.2, 0) is 0 Å². The van der Waals surface area contributed by atoms with Crippen molar-refractivity contribution in [2.75, 3.05) is 5.43 Å². The normalized spacial score (nSPS) is 10.3. The smallest absolute Gasteiger partial charge is 0.264 e. The zero-order valence-corrected chi connectivity index (χ0v) is 13.2. The Labute approximate surface area is 135 Å². The van der Waals surface area contributed by atoms with Gasteiger partial charge >= 0.3 is 5.91 Å². The van der Waals surface area contributed by atoms with Gasteiger partial charge in [-0.3, -0.25) is 4.79 Å². The van der Waals surface area contributed by atoms with E-state index in [-0.39, 0.29) is 5.91 Å². The number of benzene rings is 1. The van der Waals surface area contributed by atoms with Crippen molar-refractivity contribution < 1.29 is 9.47 Å². The minimum Gasteiger partial charge on any atom is -0.264 e. The number of nitrogens with zero attached hydrogens (tertiary/aromatic N) is 2. The van der Waals surface area contributed by atoms with Crippen LogP contribution in [0.3, 0.4) is 0 Å². The number of hydrogen-bond donors (Lipinski definition) is 1. The Morgan fingerprint density at radius 2 is 1.74 bits per heavy atom. The van der Waals surface area contributed by atoms with E-state index in [1.54, 1.807) is 23.0 Å². The highest BCUT2D eigenvalue weighted by Gasteiger charge is 2.18. The lowest BCUT2D eigenvalue weighted by atomic mass is 10.1. The molecule has 0 atom stereocenters. The Hall–Kier alpha value is -3.01. The van der Waals surface area contributed by atoms with Crippen LogP contribution < -0.4 is 10.1 Å². The third kappa shape index (κ3) is 3.43. The van der Waals surface area contributed by atoms with Crippen LogP contribution in [0.2, 0.25) is 0 Å². The van der Waals surface area contributed by atoms with Crippen molar-refractivity contribution >= 4 is 5.91 Å². The second-order valence-corrected chi connectivity index (χ2v) is 5.48. The Bertz CT molecular complexity index is 844. The number of nitrogens with one attached hydrogen (secondary N) is 1. The van der Waals surface area contributed by atoms with Crippen LogP contribution in [0.4, 0.5) is 0 Å². The van der Waals surface area contributed by atoms with Gasteiger partial charge in [0, 0.05) is 23.9 Å². The van der Waals surface area contributed by atoms with Crippen molar-refractivity contribution in [3.63, 3.8) is 0 Å². The third-order valence-electron chi connectivity index (χ3n) is 3.55. The fourth-order valence-corrected chi connectivity index (χ4v) is 2.34. The molecule has 3 rings (SSSR count). The fourth-order valence-electron chi connectivity index (χ4n) is 2.34. The Morgan fingerprint density at radius 1 is 1.00 bits per heavy atom. The van der Waals surface area contributed by atoms with Crippen molar-refractivity contribution in [3.05, 3.63) is 83.7 Å². The number of pyridine rings is 2. The largest absolute Gasteiger partial charge is 0.305 e. The monoisotopic (exact) mass is 304 g/mol. The van der Waals surface area contributed by atoms with Gasteiger partial charge in [0.05, 0.1) is 0 Å². The highest BCUT2D eigenvalue weighted by atomic mass is 16.2. The van der Waals surface area contributed by atoms with Gasteiger partial charge in [-0.1, -0.05) is 22.9 Å². The van der Waals surface area contributed by atoms with E-state index >= 15 is 0 Å². The van der Waals surface area contributed by atoms with Crippen molar-refractivity contribution in [3.8, 4) is 11.4 Å². The molecule has 114 valence electrons. The van der Waals surface area contributed by atoms with E-state index in [9.17, 15) is 4.79 Å². The van der Waals surface area contributed by atoms with Crippen molar-refractivity contribution in [1.82, 2.24) is 4.98 Å². The first-order chi connectivity index (χ1) is 11.1. The van der Waals surface area contributed by atoms with E-state index in [2.05, 4.69) is 10.4 Å². The van der Waals surface area contributed by atoms with Crippen LogP contribution >= 0.6 is 0 Å². The lowest BCUT2D eigenvalue weighted by Gasteiger charge is -2.06. The maximum atomic E-state index is 12.4. The number of rotatable bonds is 3. The Balaban J connectivity index is 1.98. The quantitative estimate of drug-likeness (QED) is 0.756. The first-order valence-electron chi connectivity index (χ1n) is 7.45. The predicted octanol–water partition coefficient (Wildman–Crippen LogP) is 3.04. The molecule has 0 aliphatic carbocycles. The second-order valence-electron chi connectivity index (χ2n) is 5.48. The molecular weight excluding hydrogens is 286 g/mol. The van der Waals surface area contributed by atoms with Gasteiger partial charge in [0.2, 0.25) is 6.20 Å². The van der Waals surface area contributed by atoms with E-state index in [1.807, 2.05) is 62.5 Å². The van der Waals surface area contributed by atoms with Crippen LogP contribution in [0.15, 0.2) is 67.0 Å². The van der Waals surface area contributed by atoms with E-state index in [4.69, 9.17) is 0 Å². The standard InChI is InChI=1S/C19H17N3O/c1-14-8-10-20-17(12-14)18-13-15(2)9-11-22(18)21-19(23)16-6-4-3-5-7-16/h3-13H,1-2H3/p+1. The Morgan fingerprint density at radius 3 is 2.48 bits per heavy atom. The van der Waals surface area contributed by atoms with Gasteiger partial charge in [-0.15, -0.1) is 5.43 Å². The summed E-state index contributed by atoms with van der Waals surface area (Å²) in [5.41, 5.74) is 7.42. The number of aryl methyl sites for hydroxylation is 2. The number of carbonyl (C=O) groups excluding carboxylic acids is 1. The maximum Gasteiger partial charge on any atom is 0.305 e. The van der Waals surface area contributed by atoms with Crippen molar-refractivity contribution in [1.29, 1.82) is 0 Å². The summed E-state index contributed by atoms with van der Waals surface area (Å²) in [6.07, 6.45) is 3.62. The molecule has 1 N–H and O–H groups in total. The molecule has 2 aromatic heterocycles. The summed E-state index contributed by atoms with van der Waals surface area (Å²) in [6.45, 7) is 4.04. The van der Waals surface area contributed by atoms with Gasteiger partial charge in [0.1, 0.15) is 5.69 Å². The highest BCUT2D eigenvalue weighted by Crippen LogP contribution is 2.14. The van der Waals surface area contributed by atoms with Gasteiger partial charge in [0.15, 0.2) is 0 Å². The lowest BCUT2D eigenvalue weighted by molar-refractivity contribution is -0.630. The molecule has 0 saturated carbocycles. The molecule has 0 fully saturated rings. The Kier molecular flexibility index (Phi) is 4.15. The maximum absolute atomic E-state index is 12.4. The zero-order chi connectivity index (χ0) is 16.2. The zero-order valence-electron chi connectivity index (χ0n) is 13.2. The highest BCUT2D eigenvalue weighted by molar-refractivity contribution is 5.98. The summed E-state index contributed by atoms with van der Waals surface area (Å²) in [7, 11) is 0. The van der Waals surface area contributed by atoms with E-state index in [1.165, 1.54) is 0 Å². The molecule has 4 nitrogen and oxygen atoms in total. The van der Waals surface area contributed by atoms with Crippen molar-refractivity contribution in [2.45, 2.75) is 13.8 Å². The third-order valence-corrected chi connectivity index (χ3v) is 3.55. The molecule has 2 heterocycles. The van der Waals surface area contributed by atoms with Crippen LogP contribution in [0.1, 0.15) is 21.5 Å². The molecule has 0 aliphatic rings. The molecule has 0 aliphatic heterocycles. The minimum absolute atomic E-state index is 0.159. The molecule has 1 amide bonds. The van der Waals surface area contributed by atoms with Crippen molar-refractivity contribution in [2.24, 2.45) is 0 Å². The van der Waals surface area contributed by atoms with Gasteiger partial charge in [-0.2, -0.15) is 0 Å². The van der Waals surface area contributed by atoms with Crippen LogP contribution in [-0.4, -0.2) is 10.9 Å². The van der Waals surface area contributed by atoms with Crippen LogP contribution in [0, 0.1) is 13.8 Å². The molecule has 0 unspecified atom stereocenters. The van der Waals surface area contributed by atoms with Crippen LogP contribution in [0.25, 0.3) is 11.4 Å². The second kappa shape index (κ2) is 6.40. The topological polar surface area (TPSA) is 45.9 Å². The van der Waals surface area contributed by atoms with E-state index in [0.717, 1.165) is 22.5 Å². The number of amides is 1. The molecular formula is C19H18N3O+. The minimum atomic E-state index is -0.159. The van der Waals surface area contributed by atoms with Crippen LogP contribution in [0.5, 0.6) is 0 Å². The van der Waals surface area contributed by atoms with E-state index in [0.29, 0.717) is 5.56 Å². The average Bonchev–Trinajstić information content (AvgIpc) is 2.57. The lowest BCUT2D eigenvalue weighted by Crippen LogP contribution is -2.49. The predicted molar refractivity (Wildman–Crippen MR) is 89.5 cm³/mol. The van der Waals surface area contributed by atoms with Gasteiger partial charge in [-0.25, -0.2) is 4.98 Å². The van der Waals surface area contributed by atoms with Gasteiger partial charge in [0.25, 0.3) is 5.69 Å². The summed E-state index contributed by atoms with van der Waals surface area (Å²) in [5, 5.41) is 0. The summed E-state index contributed by atoms with van der Waals surface area (Å²) < 4.78 is 1.71. The van der Waals surface area contributed by atoms with Gasteiger partial charge in [-0.05, 0) is 49.2 Å². The summed E-state index contributed by atoms with van der Waals surface area (Å²) in [4.78, 5) is 16.8.